The first-order valence-corrected chi connectivity index (χ1v) is 5.70. The summed E-state index contributed by atoms with van der Waals surface area (Å²) in [5.41, 5.74) is 0. The maximum absolute atomic E-state index is 11.2. The summed E-state index contributed by atoms with van der Waals surface area (Å²) in [6, 6.07) is 0. The summed E-state index contributed by atoms with van der Waals surface area (Å²) in [5.74, 6) is -12.1. The molecular weight excluding hydrogens is 260 g/mol. The van der Waals surface area contributed by atoms with Crippen LogP contribution in [0.4, 0.5) is 0 Å². The molecule has 2 fully saturated rings. The zero-order valence-corrected chi connectivity index (χ0v) is 9.63. The molecule has 0 aliphatic heterocycles. The average molecular weight is 273 g/mol. The molecule has 0 aromatic carbocycles. The minimum atomic E-state index is -1.36. The second kappa shape index (κ2) is 4.22. The lowest BCUT2D eigenvalue weighted by atomic mass is 9.68. The number of aliphatic carboxylic acids is 4. The summed E-state index contributed by atoms with van der Waals surface area (Å²) in [6.07, 6.45) is 0.0557. The van der Waals surface area contributed by atoms with Crippen LogP contribution in [0.3, 0.4) is 0 Å². The minimum absolute atomic E-state index is 0.0557. The summed E-state index contributed by atoms with van der Waals surface area (Å²) >= 11 is 0. The molecule has 0 aromatic rings. The summed E-state index contributed by atoms with van der Waals surface area (Å²) in [4.78, 5) is 42.7. The standard InChI is InChI=1S/C11H12O8/c12-8(13)4-2-1-3(6(4)10(16)17)7(11(18)19)5(2)9(14)15/h2-7H,1H2,(H,12,13)(H,14,15)(H,16,17)(H,18,19)/p+1. The average Bonchev–Trinajstić information content (AvgIpc) is 2.81. The summed E-state index contributed by atoms with van der Waals surface area (Å²) in [5, 5.41) is 36.5. The Balaban J connectivity index is 2.45. The molecule has 2 bridgehead atoms. The van der Waals surface area contributed by atoms with Crippen LogP contribution >= 0.6 is 0 Å². The van der Waals surface area contributed by atoms with E-state index in [1.807, 2.05) is 0 Å². The normalized spacial score (nSPS) is 40.0. The second-order valence-corrected chi connectivity index (χ2v) is 5.04. The molecule has 6 atom stereocenters. The number of rotatable bonds is 4. The highest BCUT2D eigenvalue weighted by Crippen LogP contribution is 2.58. The van der Waals surface area contributed by atoms with E-state index in [-0.39, 0.29) is 6.42 Å². The number of carboxylic acids is 4. The predicted octanol–water partition coefficient (Wildman–Crippen LogP) is -0.585. The lowest BCUT2D eigenvalue weighted by Gasteiger charge is -2.31. The highest BCUT2D eigenvalue weighted by Gasteiger charge is 2.68. The van der Waals surface area contributed by atoms with Gasteiger partial charge in [0.25, 0.3) is 0 Å². The number of hydrogen-bond acceptors (Lipinski definition) is 3. The monoisotopic (exact) mass is 273 g/mol. The molecule has 104 valence electrons. The molecule has 0 heterocycles. The van der Waals surface area contributed by atoms with Crippen molar-refractivity contribution < 1.29 is 39.6 Å². The predicted molar refractivity (Wildman–Crippen MR) is 58.0 cm³/mol. The maximum atomic E-state index is 11.2. The van der Waals surface area contributed by atoms with Crippen molar-refractivity contribution in [2.45, 2.75) is 6.42 Å². The molecule has 0 radical (unpaired) electrons. The largest absolute Gasteiger partial charge is 0.484 e. The van der Waals surface area contributed by atoms with E-state index >= 15 is 0 Å². The molecule has 0 saturated heterocycles. The van der Waals surface area contributed by atoms with Gasteiger partial charge in [-0.25, -0.2) is 0 Å². The maximum Gasteiger partial charge on any atom is 0.484 e. The highest BCUT2D eigenvalue weighted by atomic mass is 16.4. The quantitative estimate of drug-likeness (QED) is 0.499. The van der Waals surface area contributed by atoms with Gasteiger partial charge in [-0.2, -0.15) is 0 Å². The Morgan fingerprint density at radius 2 is 1.05 bits per heavy atom. The third kappa shape index (κ3) is 1.74. The zero-order chi connectivity index (χ0) is 14.5. The second-order valence-electron chi connectivity index (χ2n) is 5.04. The number of hydrogen-bond donors (Lipinski definition) is 4. The Morgan fingerprint density at radius 1 is 0.737 bits per heavy atom. The fraction of sp³-hybridized carbons (Fsp3) is 0.636. The first-order chi connectivity index (χ1) is 8.77. The number of carbonyl (C=O) groups is 3. The Labute approximate surface area is 106 Å². The third-order valence-electron chi connectivity index (χ3n) is 4.32. The molecule has 5 N–H and O–H groups in total. The van der Waals surface area contributed by atoms with Crippen LogP contribution in [0.1, 0.15) is 6.42 Å². The van der Waals surface area contributed by atoms with Gasteiger partial charge in [0.1, 0.15) is 5.92 Å². The highest BCUT2D eigenvalue weighted by molar-refractivity contribution is 5.88. The van der Waals surface area contributed by atoms with Gasteiger partial charge in [0.15, 0.2) is 0 Å². The third-order valence-corrected chi connectivity index (χ3v) is 4.32. The Bertz CT molecular complexity index is 387. The Morgan fingerprint density at radius 3 is 1.37 bits per heavy atom. The van der Waals surface area contributed by atoms with Crippen LogP contribution in [0, 0.1) is 35.5 Å². The number of aliphatic hydroxyl groups excluding tert-OH is 1. The number of fused-ring (bicyclic) bond motifs is 2. The van der Waals surface area contributed by atoms with E-state index in [1.54, 1.807) is 0 Å². The molecule has 0 amide bonds. The van der Waals surface area contributed by atoms with Gasteiger partial charge in [0, 0.05) is 0 Å². The number of carboxylic acid groups (broad SMARTS) is 4. The van der Waals surface area contributed by atoms with Crippen molar-refractivity contribution in [2.24, 2.45) is 35.5 Å². The van der Waals surface area contributed by atoms with Crippen LogP contribution in [-0.4, -0.2) is 49.1 Å². The van der Waals surface area contributed by atoms with Crippen molar-refractivity contribution in [1.29, 1.82) is 0 Å². The smallest absolute Gasteiger partial charge is 0.481 e. The van der Waals surface area contributed by atoms with Crippen molar-refractivity contribution in [1.82, 2.24) is 0 Å². The molecule has 2 rings (SSSR count). The summed E-state index contributed by atoms with van der Waals surface area (Å²) < 4.78 is 0. The Hall–Kier alpha value is -2.12. The van der Waals surface area contributed by atoms with Crippen LogP contribution < -0.4 is 0 Å². The van der Waals surface area contributed by atoms with E-state index in [9.17, 15) is 24.3 Å². The minimum Gasteiger partial charge on any atom is -0.481 e. The van der Waals surface area contributed by atoms with Gasteiger partial charge in [0.2, 0.25) is 0 Å². The van der Waals surface area contributed by atoms with Crippen molar-refractivity contribution in [3.63, 3.8) is 0 Å². The molecule has 0 spiro atoms. The van der Waals surface area contributed by atoms with E-state index in [1.165, 1.54) is 0 Å². The van der Waals surface area contributed by atoms with Crippen molar-refractivity contribution in [2.75, 3.05) is 0 Å². The van der Waals surface area contributed by atoms with E-state index in [0.717, 1.165) is 0 Å². The van der Waals surface area contributed by atoms with Gasteiger partial charge < -0.3 is 25.2 Å². The molecule has 2 aliphatic rings. The SMILES string of the molecule is O=C(O)C1C2CC(C1C(=O)O)C(C(O)=[OH+])C2C(=O)O. The van der Waals surface area contributed by atoms with Crippen molar-refractivity contribution in [3.8, 4) is 0 Å². The molecule has 2 saturated carbocycles. The molecule has 8 heteroatoms. The van der Waals surface area contributed by atoms with Gasteiger partial charge in [0.05, 0.1) is 17.8 Å². The van der Waals surface area contributed by atoms with Crippen LogP contribution in [0.5, 0.6) is 0 Å². The van der Waals surface area contributed by atoms with Crippen LogP contribution in [0.15, 0.2) is 0 Å². The molecule has 2 aliphatic carbocycles. The zero-order valence-electron chi connectivity index (χ0n) is 9.63. The molecular formula is C11H13O8+. The lowest BCUT2D eigenvalue weighted by Crippen LogP contribution is -2.47. The fourth-order valence-electron chi connectivity index (χ4n) is 3.78. The molecule has 6 unspecified atom stereocenters. The van der Waals surface area contributed by atoms with E-state index in [2.05, 4.69) is 0 Å². The molecule has 0 aromatic heterocycles. The van der Waals surface area contributed by atoms with E-state index in [4.69, 9.17) is 15.3 Å². The Kier molecular flexibility index (Phi) is 2.95. The van der Waals surface area contributed by atoms with E-state index in [0.29, 0.717) is 0 Å². The summed E-state index contributed by atoms with van der Waals surface area (Å²) in [6.45, 7) is 0. The van der Waals surface area contributed by atoms with Crippen LogP contribution in [0.25, 0.3) is 0 Å². The van der Waals surface area contributed by atoms with Crippen molar-refractivity contribution >= 4 is 23.9 Å². The van der Waals surface area contributed by atoms with Gasteiger partial charge in [-0.1, -0.05) is 0 Å². The molecule has 8 nitrogen and oxygen atoms in total. The van der Waals surface area contributed by atoms with Gasteiger partial charge in [-0.15, -0.1) is 0 Å². The van der Waals surface area contributed by atoms with Gasteiger partial charge in [-0.05, 0) is 18.3 Å². The fourth-order valence-corrected chi connectivity index (χ4v) is 3.78. The molecule has 19 heavy (non-hydrogen) atoms. The first kappa shape index (κ1) is 13.3. The van der Waals surface area contributed by atoms with Gasteiger partial charge >= 0.3 is 23.9 Å². The summed E-state index contributed by atoms with van der Waals surface area (Å²) in [7, 11) is 0. The van der Waals surface area contributed by atoms with Crippen LogP contribution in [0.2, 0.25) is 0 Å². The first-order valence-electron chi connectivity index (χ1n) is 5.70. The van der Waals surface area contributed by atoms with Crippen LogP contribution in [-0.2, 0) is 14.4 Å². The van der Waals surface area contributed by atoms with Gasteiger partial charge in [-0.3, -0.25) is 14.4 Å². The lowest BCUT2D eigenvalue weighted by molar-refractivity contribution is -0.162. The van der Waals surface area contributed by atoms with E-state index < -0.39 is 59.4 Å². The topological polar surface area (TPSA) is 154 Å². The van der Waals surface area contributed by atoms with Crippen molar-refractivity contribution in [3.05, 3.63) is 0 Å².